The van der Waals surface area contributed by atoms with Crippen LogP contribution in [0.2, 0.25) is 10.0 Å². The predicted octanol–water partition coefficient (Wildman–Crippen LogP) is 8.16. The van der Waals surface area contributed by atoms with Crippen LogP contribution in [0.15, 0.2) is 71.7 Å². The number of halogens is 2. The van der Waals surface area contributed by atoms with Crippen LogP contribution in [0, 0.1) is 0 Å². The van der Waals surface area contributed by atoms with Gasteiger partial charge in [-0.15, -0.1) is 0 Å². The maximum atomic E-state index is 6.24. The molecule has 3 aromatic carbocycles. The molecular weight excluding hydrogens is 475 g/mol. The minimum Gasteiger partial charge on any atom is -0.493 e. The van der Waals surface area contributed by atoms with Crippen molar-refractivity contribution in [2.45, 2.75) is 58.0 Å². The van der Waals surface area contributed by atoms with E-state index in [1.807, 2.05) is 68.7 Å². The number of rotatable bonds is 8. The van der Waals surface area contributed by atoms with Crippen molar-refractivity contribution < 1.29 is 4.74 Å². The van der Waals surface area contributed by atoms with Crippen molar-refractivity contribution >= 4 is 29.4 Å². The van der Waals surface area contributed by atoms with Gasteiger partial charge in [-0.05, 0) is 86.3 Å². The highest BCUT2D eigenvalue weighted by Crippen LogP contribution is 2.44. The van der Waals surface area contributed by atoms with Crippen molar-refractivity contribution in [3.63, 3.8) is 0 Å². The number of nitrogens with zero attached hydrogens (tertiary/aromatic N) is 1. The fourth-order valence-electron chi connectivity index (χ4n) is 4.31. The largest absolute Gasteiger partial charge is 0.493 e. The van der Waals surface area contributed by atoms with Gasteiger partial charge in [0.15, 0.2) is 0 Å². The average Bonchev–Trinajstić information content (AvgIpc) is 2.83. The van der Waals surface area contributed by atoms with E-state index in [-0.39, 0.29) is 5.41 Å². The molecule has 0 saturated carbocycles. The Balaban J connectivity index is 2.19. The van der Waals surface area contributed by atoms with Crippen LogP contribution in [0.1, 0.15) is 63.8 Å². The first-order valence-corrected chi connectivity index (χ1v) is 12.7. The van der Waals surface area contributed by atoms with Gasteiger partial charge in [0.25, 0.3) is 0 Å². The lowest BCUT2D eigenvalue weighted by Gasteiger charge is -2.45. The molecule has 3 nitrogen and oxygen atoms in total. The van der Waals surface area contributed by atoms with E-state index in [1.54, 1.807) is 0 Å². The maximum Gasteiger partial charge on any atom is 0.128 e. The Morgan fingerprint density at radius 1 is 0.800 bits per heavy atom. The molecule has 0 amide bonds. The number of ether oxygens (including phenoxy) is 1. The lowest BCUT2D eigenvalue weighted by Crippen LogP contribution is -2.52. The molecule has 186 valence electrons. The van der Waals surface area contributed by atoms with E-state index in [1.165, 1.54) is 5.56 Å². The standard InChI is InChI=1S/C30H36Cl2N2O/c1-8-35-27-19-24(28(2,3)4)10-9-21(27)20-34-30(6,23-13-17-26(32)18-14-23)29(5,33-7)22-11-15-25(31)16-12-22/h9-20,33H,8H2,1-7H3. The van der Waals surface area contributed by atoms with Gasteiger partial charge >= 0.3 is 0 Å². The second-order valence-electron chi connectivity index (χ2n) is 10.2. The van der Waals surface area contributed by atoms with Crippen LogP contribution < -0.4 is 10.1 Å². The Morgan fingerprint density at radius 2 is 1.31 bits per heavy atom. The van der Waals surface area contributed by atoms with Gasteiger partial charge in [-0.25, -0.2) is 0 Å². The molecule has 0 fully saturated rings. The Labute approximate surface area is 220 Å². The van der Waals surface area contributed by atoms with Gasteiger partial charge in [0, 0.05) is 21.8 Å². The summed E-state index contributed by atoms with van der Waals surface area (Å²) in [4.78, 5) is 5.26. The molecule has 35 heavy (non-hydrogen) atoms. The first-order chi connectivity index (χ1) is 16.4. The molecule has 5 heteroatoms. The Hall–Kier alpha value is -2.33. The van der Waals surface area contributed by atoms with Crippen molar-refractivity contribution in [1.29, 1.82) is 0 Å². The number of nitrogens with one attached hydrogen (secondary N) is 1. The summed E-state index contributed by atoms with van der Waals surface area (Å²) in [5, 5.41) is 4.94. The van der Waals surface area contributed by atoms with Crippen LogP contribution in [0.25, 0.3) is 0 Å². The van der Waals surface area contributed by atoms with Gasteiger partial charge in [-0.1, -0.05) is 74.3 Å². The molecule has 0 radical (unpaired) electrons. The lowest BCUT2D eigenvalue weighted by atomic mass is 9.70. The average molecular weight is 512 g/mol. The zero-order valence-corrected chi connectivity index (χ0v) is 23.3. The summed E-state index contributed by atoms with van der Waals surface area (Å²) in [6, 6.07) is 22.2. The van der Waals surface area contributed by atoms with Crippen LogP contribution in [0.3, 0.4) is 0 Å². The van der Waals surface area contributed by atoms with Crippen molar-refractivity contribution in [3.05, 3.63) is 99.0 Å². The third-order valence-electron chi connectivity index (χ3n) is 6.94. The number of hydrogen-bond donors (Lipinski definition) is 1. The summed E-state index contributed by atoms with van der Waals surface area (Å²) in [6.45, 7) is 13.5. The molecule has 1 N–H and O–H groups in total. The van der Waals surface area contributed by atoms with E-state index in [9.17, 15) is 0 Å². The monoisotopic (exact) mass is 510 g/mol. The number of likely N-dealkylation sites (N-methyl/N-ethyl adjacent to an activating group) is 1. The van der Waals surface area contributed by atoms with Gasteiger partial charge < -0.3 is 10.1 Å². The SMILES string of the molecule is CCOc1cc(C(C)(C)C)ccc1C=NC(C)(c1ccc(Cl)cc1)C(C)(NC)c1ccc(Cl)cc1. The maximum absolute atomic E-state index is 6.24. The summed E-state index contributed by atoms with van der Waals surface area (Å²) < 4.78 is 6.03. The normalized spacial score (nSPS) is 15.6. The van der Waals surface area contributed by atoms with E-state index in [0.29, 0.717) is 16.7 Å². The molecule has 3 aromatic rings. The van der Waals surface area contributed by atoms with E-state index in [4.69, 9.17) is 32.9 Å². The summed E-state index contributed by atoms with van der Waals surface area (Å²) in [6.07, 6.45) is 1.93. The molecule has 2 unspecified atom stereocenters. The zero-order valence-electron chi connectivity index (χ0n) is 21.7. The summed E-state index contributed by atoms with van der Waals surface area (Å²) in [5.74, 6) is 0.833. The second kappa shape index (κ2) is 10.7. The highest BCUT2D eigenvalue weighted by atomic mass is 35.5. The van der Waals surface area contributed by atoms with Crippen molar-refractivity contribution in [1.82, 2.24) is 5.32 Å². The van der Waals surface area contributed by atoms with Gasteiger partial charge in [0.05, 0.1) is 12.1 Å². The van der Waals surface area contributed by atoms with Crippen LogP contribution >= 0.6 is 23.2 Å². The fraction of sp³-hybridized carbons (Fsp3) is 0.367. The molecular formula is C30H36Cl2N2O. The van der Waals surface area contributed by atoms with Crippen molar-refractivity contribution in [3.8, 4) is 5.75 Å². The molecule has 0 aliphatic heterocycles. The highest BCUT2D eigenvalue weighted by molar-refractivity contribution is 6.30. The molecule has 0 aliphatic carbocycles. The Kier molecular flexibility index (Phi) is 8.36. The smallest absolute Gasteiger partial charge is 0.128 e. The summed E-state index contributed by atoms with van der Waals surface area (Å²) in [7, 11) is 1.96. The number of aliphatic imine (C=N–C) groups is 1. The first-order valence-electron chi connectivity index (χ1n) is 12.0. The quantitative estimate of drug-likeness (QED) is 0.310. The van der Waals surface area contributed by atoms with Gasteiger partial charge in [-0.3, -0.25) is 4.99 Å². The molecule has 0 bridgehead atoms. The Morgan fingerprint density at radius 3 is 1.80 bits per heavy atom. The van der Waals surface area contributed by atoms with Crippen LogP contribution in [-0.4, -0.2) is 19.9 Å². The molecule has 0 spiro atoms. The van der Waals surface area contributed by atoms with Crippen LogP contribution in [-0.2, 0) is 16.5 Å². The molecule has 0 heterocycles. The summed E-state index contributed by atoms with van der Waals surface area (Å²) in [5.41, 5.74) is 3.06. The number of benzene rings is 3. The van der Waals surface area contributed by atoms with E-state index < -0.39 is 11.1 Å². The van der Waals surface area contributed by atoms with Gasteiger partial charge in [0.2, 0.25) is 0 Å². The highest BCUT2D eigenvalue weighted by Gasteiger charge is 2.46. The minimum absolute atomic E-state index is 0.0264. The first kappa shape index (κ1) is 27.3. The fourth-order valence-corrected chi connectivity index (χ4v) is 4.56. The molecule has 3 rings (SSSR count). The third kappa shape index (κ3) is 5.74. The third-order valence-corrected chi connectivity index (χ3v) is 7.45. The molecule has 0 aromatic heterocycles. The van der Waals surface area contributed by atoms with Gasteiger partial charge in [-0.2, -0.15) is 0 Å². The zero-order chi connectivity index (χ0) is 25.9. The van der Waals surface area contributed by atoms with E-state index >= 15 is 0 Å². The lowest BCUT2D eigenvalue weighted by molar-refractivity contribution is 0.222. The minimum atomic E-state index is -0.688. The number of hydrogen-bond acceptors (Lipinski definition) is 3. The van der Waals surface area contributed by atoms with Crippen molar-refractivity contribution in [2.75, 3.05) is 13.7 Å². The molecule has 0 aliphatic rings. The molecule has 2 atom stereocenters. The van der Waals surface area contributed by atoms with E-state index in [0.717, 1.165) is 22.4 Å². The topological polar surface area (TPSA) is 33.6 Å². The molecule has 0 saturated heterocycles. The van der Waals surface area contributed by atoms with Crippen LogP contribution in [0.5, 0.6) is 5.75 Å². The second-order valence-corrected chi connectivity index (χ2v) is 11.0. The van der Waals surface area contributed by atoms with Gasteiger partial charge in [0.1, 0.15) is 11.3 Å². The van der Waals surface area contributed by atoms with E-state index in [2.05, 4.69) is 58.1 Å². The predicted molar refractivity (Wildman–Crippen MR) is 151 cm³/mol. The Bertz CT molecular complexity index is 1170. The van der Waals surface area contributed by atoms with Crippen LogP contribution in [0.4, 0.5) is 0 Å². The van der Waals surface area contributed by atoms with Crippen molar-refractivity contribution in [2.24, 2.45) is 4.99 Å². The summed E-state index contributed by atoms with van der Waals surface area (Å²) >= 11 is 12.4.